The Kier molecular flexibility index (Phi) is 5.83. The van der Waals surface area contributed by atoms with Gasteiger partial charge >= 0.3 is 6.18 Å². The normalized spacial score (nSPS) is 12.8. The van der Waals surface area contributed by atoms with Crippen molar-refractivity contribution in [3.8, 4) is 0 Å². The van der Waals surface area contributed by atoms with Crippen molar-refractivity contribution < 1.29 is 18.0 Å². The second-order valence-corrected chi connectivity index (χ2v) is 7.47. The summed E-state index contributed by atoms with van der Waals surface area (Å²) in [6.07, 6.45) is -2.89. The zero-order valence-corrected chi connectivity index (χ0v) is 17.5. The first-order chi connectivity index (χ1) is 13.6. The van der Waals surface area contributed by atoms with Crippen LogP contribution in [0.1, 0.15) is 35.5 Å². The van der Waals surface area contributed by atoms with E-state index in [2.05, 4.69) is 31.4 Å². The topological polar surface area (TPSA) is 64.7 Å². The van der Waals surface area contributed by atoms with Crippen molar-refractivity contribution in [2.45, 2.75) is 39.5 Å². The van der Waals surface area contributed by atoms with Crippen molar-refractivity contribution in [3.63, 3.8) is 0 Å². The van der Waals surface area contributed by atoms with Crippen LogP contribution < -0.4 is 5.32 Å². The molecule has 0 aliphatic carbocycles. The number of carbonyl (C=O) groups excluding carboxylic acids is 1. The lowest BCUT2D eigenvalue weighted by Gasteiger charge is -2.13. The van der Waals surface area contributed by atoms with E-state index >= 15 is 0 Å². The number of nitrogens with one attached hydrogen (secondary N) is 1. The van der Waals surface area contributed by atoms with E-state index in [1.165, 1.54) is 13.8 Å². The van der Waals surface area contributed by atoms with Crippen molar-refractivity contribution in [1.82, 2.24) is 19.6 Å². The number of benzene rings is 1. The van der Waals surface area contributed by atoms with E-state index in [0.717, 1.165) is 15.8 Å². The summed E-state index contributed by atoms with van der Waals surface area (Å²) in [5, 5.41) is 10.5. The molecule has 29 heavy (non-hydrogen) atoms. The molecule has 3 aromatic rings. The van der Waals surface area contributed by atoms with Gasteiger partial charge in [0, 0.05) is 12.3 Å². The number of nitrogens with zero attached hydrogens (tertiary/aromatic N) is 4. The number of anilines is 1. The second-order valence-electron chi connectivity index (χ2n) is 6.68. The fraction of sp³-hybridized carbons (Fsp3) is 0.316. The Bertz CT molecular complexity index is 1040. The largest absolute Gasteiger partial charge is 0.436 e. The zero-order chi connectivity index (χ0) is 21.3. The second kappa shape index (κ2) is 8.02. The molecule has 6 nitrogen and oxygen atoms in total. The molecule has 0 radical (unpaired) electrons. The number of halogens is 4. The molecule has 0 fully saturated rings. The van der Waals surface area contributed by atoms with E-state index in [1.54, 1.807) is 16.9 Å². The van der Waals surface area contributed by atoms with Crippen molar-refractivity contribution in [2.75, 3.05) is 5.32 Å². The van der Waals surface area contributed by atoms with Crippen LogP contribution in [0.25, 0.3) is 0 Å². The lowest BCUT2D eigenvalue weighted by Crippen LogP contribution is -2.26. The molecule has 0 saturated heterocycles. The molecule has 2 aromatic heterocycles. The molecule has 1 atom stereocenters. The van der Waals surface area contributed by atoms with Crippen LogP contribution in [-0.2, 0) is 17.5 Å². The van der Waals surface area contributed by atoms with Crippen molar-refractivity contribution in [2.24, 2.45) is 0 Å². The molecule has 0 aliphatic heterocycles. The number of aromatic nitrogens is 4. The number of aryl methyl sites for hydroxylation is 1. The van der Waals surface area contributed by atoms with Gasteiger partial charge in [-0.05, 0) is 47.8 Å². The highest BCUT2D eigenvalue weighted by molar-refractivity contribution is 9.10. The molecule has 0 aliphatic rings. The first-order valence-corrected chi connectivity index (χ1v) is 9.58. The van der Waals surface area contributed by atoms with Crippen LogP contribution in [0.5, 0.6) is 0 Å². The van der Waals surface area contributed by atoms with E-state index in [1.807, 2.05) is 31.2 Å². The Balaban J connectivity index is 1.73. The number of carbonyl (C=O) groups is 1. The maximum Gasteiger partial charge on any atom is 0.436 e. The highest BCUT2D eigenvalue weighted by Crippen LogP contribution is 2.36. The van der Waals surface area contributed by atoms with Crippen LogP contribution in [0.2, 0.25) is 0 Å². The van der Waals surface area contributed by atoms with Crippen LogP contribution in [-0.4, -0.2) is 25.5 Å². The van der Waals surface area contributed by atoms with Crippen molar-refractivity contribution in [1.29, 1.82) is 0 Å². The predicted octanol–water partition coefficient (Wildman–Crippen LogP) is 4.73. The molecular formula is C19H19BrF3N5O. The van der Waals surface area contributed by atoms with Gasteiger partial charge in [0.1, 0.15) is 6.04 Å². The summed E-state index contributed by atoms with van der Waals surface area (Å²) < 4.78 is 41.7. The quantitative estimate of drug-likeness (QED) is 0.587. The Labute approximate surface area is 173 Å². The minimum atomic E-state index is -4.61. The number of hydrogen-bond donors (Lipinski definition) is 1. The number of hydrogen-bond acceptors (Lipinski definition) is 3. The van der Waals surface area contributed by atoms with Gasteiger partial charge in [0.05, 0.1) is 16.7 Å². The molecule has 1 N–H and O–H groups in total. The van der Waals surface area contributed by atoms with Gasteiger partial charge in [-0.3, -0.25) is 14.2 Å². The monoisotopic (exact) mass is 469 g/mol. The summed E-state index contributed by atoms with van der Waals surface area (Å²) in [5.74, 6) is -0.201. The molecular weight excluding hydrogens is 451 g/mol. The fourth-order valence-corrected chi connectivity index (χ4v) is 3.36. The van der Waals surface area contributed by atoms with E-state index in [4.69, 9.17) is 0 Å². The third-order valence-electron chi connectivity index (χ3n) is 4.58. The Morgan fingerprint density at radius 2 is 1.90 bits per heavy atom. The maximum atomic E-state index is 13.0. The summed E-state index contributed by atoms with van der Waals surface area (Å²) in [6.45, 7) is 5.49. The van der Waals surface area contributed by atoms with Gasteiger partial charge in [0.25, 0.3) is 0 Å². The van der Waals surface area contributed by atoms with Gasteiger partial charge in [-0.1, -0.05) is 24.3 Å². The predicted molar refractivity (Wildman–Crippen MR) is 106 cm³/mol. The molecule has 10 heteroatoms. The molecule has 0 bridgehead atoms. The summed E-state index contributed by atoms with van der Waals surface area (Å²) in [6, 6.07) is 8.57. The minimum Gasteiger partial charge on any atom is -0.307 e. The first kappa shape index (κ1) is 21.1. The number of amides is 1. The van der Waals surface area contributed by atoms with Gasteiger partial charge in [-0.2, -0.15) is 23.4 Å². The minimum absolute atomic E-state index is 0.174. The van der Waals surface area contributed by atoms with Crippen molar-refractivity contribution >= 4 is 27.7 Å². The molecule has 0 saturated carbocycles. The summed E-state index contributed by atoms with van der Waals surface area (Å²) in [5.41, 5.74) is 1.38. The summed E-state index contributed by atoms with van der Waals surface area (Å²) in [7, 11) is 0. The average Bonchev–Trinajstić information content (AvgIpc) is 3.21. The average molecular weight is 470 g/mol. The van der Waals surface area contributed by atoms with E-state index in [-0.39, 0.29) is 10.2 Å². The smallest absolute Gasteiger partial charge is 0.307 e. The van der Waals surface area contributed by atoms with Gasteiger partial charge in [0.2, 0.25) is 5.91 Å². The van der Waals surface area contributed by atoms with Crippen LogP contribution in [0, 0.1) is 13.8 Å². The number of rotatable bonds is 5. The molecule has 1 aromatic carbocycles. The number of alkyl halides is 3. The SMILES string of the molecule is Cc1ccccc1Cn1ccc(NC(=O)C(C)n2nc(C(F)(F)F)c(Br)c2C)n1. The van der Waals surface area contributed by atoms with Gasteiger partial charge < -0.3 is 5.32 Å². The van der Waals surface area contributed by atoms with Gasteiger partial charge in [-0.25, -0.2) is 0 Å². The maximum absolute atomic E-state index is 13.0. The highest BCUT2D eigenvalue weighted by atomic mass is 79.9. The van der Waals surface area contributed by atoms with Gasteiger partial charge in [0.15, 0.2) is 11.5 Å². The molecule has 0 spiro atoms. The molecule has 154 valence electrons. The van der Waals surface area contributed by atoms with Crippen LogP contribution in [0.15, 0.2) is 41.0 Å². The van der Waals surface area contributed by atoms with Crippen LogP contribution in [0.3, 0.4) is 0 Å². The standard InChI is InChI=1S/C19H19BrF3N5O/c1-11-6-4-5-7-14(11)10-27-9-8-15(25-27)24-18(29)13(3)28-12(2)16(20)17(26-28)19(21,22)23/h4-9,13H,10H2,1-3H3,(H,24,25,29). The Morgan fingerprint density at radius 3 is 2.52 bits per heavy atom. The highest BCUT2D eigenvalue weighted by Gasteiger charge is 2.39. The first-order valence-electron chi connectivity index (χ1n) is 8.78. The van der Waals surface area contributed by atoms with Crippen LogP contribution >= 0.6 is 15.9 Å². The molecule has 1 amide bonds. The fourth-order valence-electron chi connectivity index (χ4n) is 2.88. The Morgan fingerprint density at radius 1 is 1.21 bits per heavy atom. The zero-order valence-electron chi connectivity index (χ0n) is 16.0. The van der Waals surface area contributed by atoms with Gasteiger partial charge in [-0.15, -0.1) is 0 Å². The van der Waals surface area contributed by atoms with E-state index < -0.39 is 23.8 Å². The lowest BCUT2D eigenvalue weighted by atomic mass is 10.1. The van der Waals surface area contributed by atoms with Crippen molar-refractivity contribution in [3.05, 3.63) is 63.5 Å². The van der Waals surface area contributed by atoms with E-state index in [0.29, 0.717) is 12.4 Å². The third-order valence-corrected chi connectivity index (χ3v) is 5.53. The molecule has 2 heterocycles. The third kappa shape index (κ3) is 4.52. The van der Waals surface area contributed by atoms with E-state index in [9.17, 15) is 18.0 Å². The van der Waals surface area contributed by atoms with Crippen LogP contribution in [0.4, 0.5) is 19.0 Å². The Hall–Kier alpha value is -2.62. The molecule has 1 unspecified atom stereocenters. The molecule has 3 rings (SSSR count). The lowest BCUT2D eigenvalue weighted by molar-refractivity contribution is -0.142. The summed E-state index contributed by atoms with van der Waals surface area (Å²) in [4.78, 5) is 12.5. The summed E-state index contributed by atoms with van der Waals surface area (Å²) >= 11 is 2.91.